The molecule has 0 bridgehead atoms. The van der Waals surface area contributed by atoms with E-state index in [1.165, 1.54) is 12.3 Å². The van der Waals surface area contributed by atoms with Gasteiger partial charge in [0.25, 0.3) is 5.91 Å². The highest BCUT2D eigenvalue weighted by Crippen LogP contribution is 2.18. The van der Waals surface area contributed by atoms with Crippen LogP contribution >= 0.6 is 11.6 Å². The van der Waals surface area contributed by atoms with Crippen LogP contribution in [-0.4, -0.2) is 31.1 Å². The Bertz CT molecular complexity index is 999. The molecular formula is C16H14ClN3O5S. The summed E-state index contributed by atoms with van der Waals surface area (Å²) in [5, 5.41) is 9.87. The first-order chi connectivity index (χ1) is 12.4. The Hall–Kier alpha value is -2.65. The summed E-state index contributed by atoms with van der Waals surface area (Å²) in [5.74, 6) is -0.400. The minimum atomic E-state index is -3.79. The van der Waals surface area contributed by atoms with Crippen molar-refractivity contribution in [1.29, 1.82) is 0 Å². The molecule has 3 rings (SSSR count). The van der Waals surface area contributed by atoms with Gasteiger partial charge in [-0.1, -0.05) is 28.8 Å². The molecule has 1 N–H and O–H groups in total. The van der Waals surface area contributed by atoms with Crippen LogP contribution in [0.2, 0.25) is 5.02 Å². The summed E-state index contributed by atoms with van der Waals surface area (Å²) in [7, 11) is -3.79. The summed E-state index contributed by atoms with van der Waals surface area (Å²) in [5.41, 5.74) is 0.517. The Kier molecular flexibility index (Phi) is 5.38. The minimum Gasteiger partial charge on any atom is -0.459 e. The molecule has 0 aliphatic rings. The second-order valence-electron chi connectivity index (χ2n) is 5.33. The number of aromatic nitrogens is 2. The number of hydrogen-bond acceptors (Lipinski definition) is 7. The number of nitrogens with zero attached hydrogens (tertiary/aromatic N) is 2. The molecule has 0 radical (unpaired) electrons. The van der Waals surface area contributed by atoms with Crippen molar-refractivity contribution in [1.82, 2.24) is 15.5 Å². The van der Waals surface area contributed by atoms with Crippen LogP contribution in [0.1, 0.15) is 22.0 Å². The standard InChI is InChI=1S/C16H14ClN3O5S/c17-12-4-1-3-11(9-12)10-26(22,23)16-20-19-14(25-16)6-7-18-15(21)13-5-2-8-24-13/h1-5,8-9H,6-7,10H2,(H,18,21). The lowest BCUT2D eigenvalue weighted by molar-refractivity contribution is 0.0926. The first kappa shape index (κ1) is 18.2. The zero-order chi connectivity index (χ0) is 18.6. The summed E-state index contributed by atoms with van der Waals surface area (Å²) in [6, 6.07) is 9.64. The van der Waals surface area contributed by atoms with Gasteiger partial charge in [0, 0.05) is 18.0 Å². The largest absolute Gasteiger partial charge is 0.459 e. The number of carbonyl (C=O) groups excluding carboxylic acids is 1. The number of halogens is 1. The molecule has 0 atom stereocenters. The zero-order valence-corrected chi connectivity index (χ0v) is 15.0. The molecule has 0 spiro atoms. The Morgan fingerprint density at radius 1 is 1.19 bits per heavy atom. The first-order valence-corrected chi connectivity index (χ1v) is 9.58. The van der Waals surface area contributed by atoms with E-state index in [1.807, 2.05) is 0 Å². The van der Waals surface area contributed by atoms with Crippen LogP contribution in [0.5, 0.6) is 0 Å². The number of benzene rings is 1. The van der Waals surface area contributed by atoms with Crippen LogP contribution < -0.4 is 5.32 Å². The normalized spacial score (nSPS) is 11.4. The molecule has 2 heterocycles. The van der Waals surface area contributed by atoms with Crippen LogP contribution in [-0.2, 0) is 22.0 Å². The lowest BCUT2D eigenvalue weighted by Crippen LogP contribution is -2.25. The summed E-state index contributed by atoms with van der Waals surface area (Å²) in [6.07, 6.45) is 1.58. The van der Waals surface area contributed by atoms with Crippen molar-refractivity contribution in [3.63, 3.8) is 0 Å². The van der Waals surface area contributed by atoms with E-state index in [9.17, 15) is 13.2 Å². The van der Waals surface area contributed by atoms with Crippen molar-refractivity contribution >= 4 is 27.3 Å². The molecule has 2 aromatic heterocycles. The molecule has 0 fully saturated rings. The Morgan fingerprint density at radius 3 is 2.77 bits per heavy atom. The molecule has 0 unspecified atom stereocenters. The van der Waals surface area contributed by atoms with E-state index in [2.05, 4.69) is 15.5 Å². The van der Waals surface area contributed by atoms with E-state index in [4.69, 9.17) is 20.4 Å². The van der Waals surface area contributed by atoms with Gasteiger partial charge in [0.2, 0.25) is 15.7 Å². The van der Waals surface area contributed by atoms with Crippen LogP contribution in [0, 0.1) is 0 Å². The van der Waals surface area contributed by atoms with E-state index < -0.39 is 15.1 Å². The first-order valence-electron chi connectivity index (χ1n) is 7.55. The van der Waals surface area contributed by atoms with Crippen molar-refractivity contribution in [3.05, 3.63) is 64.9 Å². The lowest BCUT2D eigenvalue weighted by Gasteiger charge is -2.01. The van der Waals surface area contributed by atoms with E-state index >= 15 is 0 Å². The van der Waals surface area contributed by atoms with Crippen molar-refractivity contribution in [2.75, 3.05) is 6.54 Å². The van der Waals surface area contributed by atoms with Crippen LogP contribution in [0.3, 0.4) is 0 Å². The second kappa shape index (κ2) is 7.71. The minimum absolute atomic E-state index is 0.106. The smallest absolute Gasteiger partial charge is 0.335 e. The number of nitrogens with one attached hydrogen (secondary N) is 1. The Morgan fingerprint density at radius 2 is 2.04 bits per heavy atom. The molecule has 0 saturated heterocycles. The molecule has 1 amide bonds. The van der Waals surface area contributed by atoms with E-state index in [-0.39, 0.29) is 36.3 Å². The highest BCUT2D eigenvalue weighted by molar-refractivity contribution is 7.90. The molecular weight excluding hydrogens is 382 g/mol. The van der Waals surface area contributed by atoms with Crippen LogP contribution in [0.4, 0.5) is 0 Å². The lowest BCUT2D eigenvalue weighted by atomic mass is 10.2. The van der Waals surface area contributed by atoms with Crippen LogP contribution in [0.25, 0.3) is 0 Å². The quantitative estimate of drug-likeness (QED) is 0.652. The third kappa shape index (κ3) is 4.50. The third-order valence-corrected chi connectivity index (χ3v) is 4.98. The average molecular weight is 396 g/mol. The van der Waals surface area contributed by atoms with Gasteiger partial charge in [-0.3, -0.25) is 4.79 Å². The van der Waals surface area contributed by atoms with Gasteiger partial charge in [-0.2, -0.15) is 0 Å². The zero-order valence-electron chi connectivity index (χ0n) is 13.4. The number of sulfone groups is 1. The van der Waals surface area contributed by atoms with Gasteiger partial charge in [0.05, 0.1) is 12.0 Å². The predicted octanol–water partition coefficient (Wildman–Crippen LogP) is 2.26. The van der Waals surface area contributed by atoms with Crippen molar-refractivity contribution < 1.29 is 22.0 Å². The molecule has 8 nitrogen and oxygen atoms in total. The van der Waals surface area contributed by atoms with E-state index in [1.54, 1.807) is 30.3 Å². The number of carbonyl (C=O) groups is 1. The van der Waals surface area contributed by atoms with Gasteiger partial charge in [-0.25, -0.2) is 8.42 Å². The summed E-state index contributed by atoms with van der Waals surface area (Å²) in [4.78, 5) is 11.7. The van der Waals surface area contributed by atoms with Crippen molar-refractivity contribution in [2.24, 2.45) is 0 Å². The number of rotatable bonds is 7. The molecule has 136 valence electrons. The van der Waals surface area contributed by atoms with Gasteiger partial charge in [0.1, 0.15) is 0 Å². The fourth-order valence-electron chi connectivity index (χ4n) is 2.15. The van der Waals surface area contributed by atoms with E-state index in [0.717, 1.165) is 0 Å². The molecule has 0 aliphatic heterocycles. The highest BCUT2D eigenvalue weighted by Gasteiger charge is 2.23. The molecule has 3 aromatic rings. The molecule has 1 aromatic carbocycles. The predicted molar refractivity (Wildman–Crippen MR) is 91.4 cm³/mol. The summed E-state index contributed by atoms with van der Waals surface area (Å²) in [6.45, 7) is 0.190. The maximum absolute atomic E-state index is 12.3. The number of amides is 1. The van der Waals surface area contributed by atoms with Crippen molar-refractivity contribution in [2.45, 2.75) is 17.4 Å². The van der Waals surface area contributed by atoms with Crippen molar-refractivity contribution in [3.8, 4) is 0 Å². The maximum atomic E-state index is 12.3. The average Bonchev–Trinajstić information content (AvgIpc) is 3.26. The van der Waals surface area contributed by atoms with Gasteiger partial charge < -0.3 is 14.2 Å². The monoisotopic (exact) mass is 395 g/mol. The van der Waals surface area contributed by atoms with Gasteiger partial charge in [-0.15, -0.1) is 5.10 Å². The maximum Gasteiger partial charge on any atom is 0.335 e. The number of hydrogen-bond donors (Lipinski definition) is 1. The number of furan rings is 1. The SMILES string of the molecule is O=C(NCCc1nnc(S(=O)(=O)Cc2cccc(Cl)c2)o1)c1ccco1. The third-order valence-electron chi connectivity index (χ3n) is 3.33. The topological polar surface area (TPSA) is 115 Å². The van der Waals surface area contributed by atoms with Gasteiger partial charge in [-0.05, 0) is 29.8 Å². The second-order valence-corrected chi connectivity index (χ2v) is 7.64. The fourth-order valence-corrected chi connectivity index (χ4v) is 3.49. The molecule has 0 saturated carbocycles. The Labute approximate surface area is 154 Å². The van der Waals surface area contributed by atoms with Crippen LogP contribution in [0.15, 0.2) is 56.7 Å². The Balaban J connectivity index is 1.59. The molecule has 26 heavy (non-hydrogen) atoms. The summed E-state index contributed by atoms with van der Waals surface area (Å²) < 4.78 is 34.8. The van der Waals surface area contributed by atoms with Gasteiger partial charge >= 0.3 is 5.22 Å². The fraction of sp³-hybridized carbons (Fsp3) is 0.188. The molecule has 10 heteroatoms. The van der Waals surface area contributed by atoms with E-state index in [0.29, 0.717) is 10.6 Å². The summed E-state index contributed by atoms with van der Waals surface area (Å²) >= 11 is 5.86. The van der Waals surface area contributed by atoms with Gasteiger partial charge in [0.15, 0.2) is 5.76 Å². The molecule has 0 aliphatic carbocycles. The highest BCUT2D eigenvalue weighted by atomic mass is 35.5.